The van der Waals surface area contributed by atoms with Crippen molar-refractivity contribution in [2.24, 2.45) is 5.92 Å². The lowest BCUT2D eigenvalue weighted by Crippen LogP contribution is -2.41. The summed E-state index contributed by atoms with van der Waals surface area (Å²) in [6, 6.07) is 11.4. The minimum absolute atomic E-state index is 0.0221. The topological polar surface area (TPSA) is 62.5 Å². The number of carbonyl (C=O) groups is 1. The minimum atomic E-state index is -0.0989. The van der Waals surface area contributed by atoms with Crippen molar-refractivity contribution < 1.29 is 4.79 Å². The largest absolute Gasteiger partial charge is 0.340 e. The van der Waals surface area contributed by atoms with E-state index in [1.54, 1.807) is 0 Å². The molecule has 1 aliphatic rings. The van der Waals surface area contributed by atoms with Gasteiger partial charge in [-0.25, -0.2) is 0 Å². The van der Waals surface area contributed by atoms with Crippen molar-refractivity contribution in [3.63, 3.8) is 0 Å². The molecule has 0 aliphatic carbocycles. The van der Waals surface area contributed by atoms with Crippen molar-refractivity contribution in [2.45, 2.75) is 19.8 Å². The SMILES string of the molecule is Cc1c(Cl)cccc1NC(=O)C1CCCN(c2nnc3ccccn23)C1. The number of pyridine rings is 1. The van der Waals surface area contributed by atoms with E-state index in [0.29, 0.717) is 11.6 Å². The van der Waals surface area contributed by atoms with Gasteiger partial charge in [0.2, 0.25) is 11.9 Å². The first-order valence-electron chi connectivity index (χ1n) is 8.74. The second kappa shape index (κ2) is 6.96. The molecule has 1 atom stereocenters. The molecule has 3 heterocycles. The van der Waals surface area contributed by atoms with Gasteiger partial charge in [0.15, 0.2) is 5.65 Å². The maximum absolute atomic E-state index is 12.8. The van der Waals surface area contributed by atoms with Gasteiger partial charge in [-0.3, -0.25) is 9.20 Å². The summed E-state index contributed by atoms with van der Waals surface area (Å²) >= 11 is 6.15. The smallest absolute Gasteiger partial charge is 0.231 e. The number of hydrogen-bond donors (Lipinski definition) is 1. The number of anilines is 2. The predicted molar refractivity (Wildman–Crippen MR) is 103 cm³/mol. The second-order valence-electron chi connectivity index (χ2n) is 6.62. The van der Waals surface area contributed by atoms with Crippen molar-refractivity contribution in [2.75, 3.05) is 23.3 Å². The number of carbonyl (C=O) groups excluding carboxylic acids is 1. The van der Waals surface area contributed by atoms with Crippen LogP contribution in [0.2, 0.25) is 5.02 Å². The number of piperidine rings is 1. The summed E-state index contributed by atoms with van der Waals surface area (Å²) in [4.78, 5) is 14.9. The van der Waals surface area contributed by atoms with Gasteiger partial charge in [-0.1, -0.05) is 23.7 Å². The first kappa shape index (κ1) is 16.8. The van der Waals surface area contributed by atoms with Crippen LogP contribution >= 0.6 is 11.6 Å². The molecule has 7 heteroatoms. The molecule has 3 aromatic rings. The highest BCUT2D eigenvalue weighted by molar-refractivity contribution is 6.31. The van der Waals surface area contributed by atoms with Gasteiger partial charge < -0.3 is 10.2 Å². The summed E-state index contributed by atoms with van der Waals surface area (Å²) in [5.41, 5.74) is 2.47. The molecule has 134 valence electrons. The van der Waals surface area contributed by atoms with Gasteiger partial charge in [0, 0.05) is 30.0 Å². The molecule has 1 fully saturated rings. The standard InChI is InChI=1S/C19H20ClN5O/c1-13-15(20)7-4-8-16(13)21-18(26)14-6-5-10-24(12-14)19-23-22-17-9-2-3-11-25(17)19/h2-4,7-9,11,14H,5-6,10,12H2,1H3,(H,21,26). The number of rotatable bonds is 3. The van der Waals surface area contributed by atoms with Crippen molar-refractivity contribution in [1.82, 2.24) is 14.6 Å². The number of aromatic nitrogens is 3. The van der Waals surface area contributed by atoms with E-state index in [4.69, 9.17) is 11.6 Å². The first-order valence-corrected chi connectivity index (χ1v) is 9.12. The fourth-order valence-corrected chi connectivity index (χ4v) is 3.57. The third kappa shape index (κ3) is 3.12. The van der Waals surface area contributed by atoms with Gasteiger partial charge in [-0.15, -0.1) is 10.2 Å². The number of benzene rings is 1. The predicted octanol–water partition coefficient (Wildman–Crippen LogP) is 3.55. The van der Waals surface area contributed by atoms with E-state index in [1.807, 2.05) is 53.9 Å². The average molecular weight is 370 g/mol. The Morgan fingerprint density at radius 1 is 1.23 bits per heavy atom. The molecule has 6 nitrogen and oxygen atoms in total. The van der Waals surface area contributed by atoms with Crippen LogP contribution in [-0.2, 0) is 4.79 Å². The lowest BCUT2D eigenvalue weighted by molar-refractivity contribution is -0.120. The van der Waals surface area contributed by atoms with Crippen LogP contribution in [-0.4, -0.2) is 33.6 Å². The molecular formula is C19H20ClN5O. The van der Waals surface area contributed by atoms with E-state index < -0.39 is 0 Å². The van der Waals surface area contributed by atoms with E-state index in [1.165, 1.54) is 0 Å². The number of amides is 1. The van der Waals surface area contributed by atoms with E-state index in [9.17, 15) is 4.79 Å². The number of hydrogen-bond acceptors (Lipinski definition) is 4. The Bertz CT molecular complexity index is 954. The molecule has 26 heavy (non-hydrogen) atoms. The molecule has 0 bridgehead atoms. The van der Waals surface area contributed by atoms with Gasteiger partial charge >= 0.3 is 0 Å². The highest BCUT2D eigenvalue weighted by Crippen LogP contribution is 2.26. The molecule has 1 N–H and O–H groups in total. The number of fused-ring (bicyclic) bond motifs is 1. The molecule has 1 unspecified atom stereocenters. The monoisotopic (exact) mass is 369 g/mol. The van der Waals surface area contributed by atoms with Crippen molar-refractivity contribution in [3.05, 3.63) is 53.2 Å². The Balaban J connectivity index is 1.51. The van der Waals surface area contributed by atoms with E-state index in [2.05, 4.69) is 20.4 Å². The van der Waals surface area contributed by atoms with E-state index in [-0.39, 0.29) is 11.8 Å². The van der Waals surface area contributed by atoms with Crippen LogP contribution in [0.25, 0.3) is 5.65 Å². The lowest BCUT2D eigenvalue weighted by Gasteiger charge is -2.32. The summed E-state index contributed by atoms with van der Waals surface area (Å²) in [5, 5.41) is 12.2. The Kier molecular flexibility index (Phi) is 4.51. The molecule has 1 aliphatic heterocycles. The zero-order valence-corrected chi connectivity index (χ0v) is 15.3. The summed E-state index contributed by atoms with van der Waals surface area (Å²) in [6.07, 6.45) is 3.75. The number of nitrogens with one attached hydrogen (secondary N) is 1. The summed E-state index contributed by atoms with van der Waals surface area (Å²) in [7, 11) is 0. The fraction of sp³-hybridized carbons (Fsp3) is 0.316. The van der Waals surface area contributed by atoms with Crippen LogP contribution < -0.4 is 10.2 Å². The summed E-state index contributed by atoms with van der Waals surface area (Å²) in [6.45, 7) is 3.41. The maximum atomic E-state index is 12.8. The second-order valence-corrected chi connectivity index (χ2v) is 7.02. The Hall–Kier alpha value is -2.60. The van der Waals surface area contributed by atoms with Crippen molar-refractivity contribution >= 4 is 34.8 Å². The highest BCUT2D eigenvalue weighted by Gasteiger charge is 2.28. The van der Waals surface area contributed by atoms with Crippen molar-refractivity contribution in [3.8, 4) is 0 Å². The normalized spacial score (nSPS) is 17.5. The third-order valence-corrected chi connectivity index (χ3v) is 5.31. The van der Waals surface area contributed by atoms with Crippen LogP contribution in [0.1, 0.15) is 18.4 Å². The summed E-state index contributed by atoms with van der Waals surface area (Å²) in [5.74, 6) is 0.712. The first-order chi connectivity index (χ1) is 12.6. The van der Waals surface area contributed by atoms with Crippen LogP contribution in [0.4, 0.5) is 11.6 Å². The minimum Gasteiger partial charge on any atom is -0.340 e. The van der Waals surface area contributed by atoms with Crippen LogP contribution in [0.15, 0.2) is 42.6 Å². The molecule has 1 saturated heterocycles. The van der Waals surface area contributed by atoms with Crippen LogP contribution in [0.3, 0.4) is 0 Å². The Morgan fingerprint density at radius 2 is 2.12 bits per heavy atom. The van der Waals surface area contributed by atoms with Crippen molar-refractivity contribution in [1.29, 1.82) is 0 Å². The molecule has 1 amide bonds. The maximum Gasteiger partial charge on any atom is 0.231 e. The van der Waals surface area contributed by atoms with Gasteiger partial charge in [0.25, 0.3) is 0 Å². The highest BCUT2D eigenvalue weighted by atomic mass is 35.5. The quantitative estimate of drug-likeness (QED) is 0.767. The molecule has 0 spiro atoms. The number of nitrogens with zero attached hydrogens (tertiary/aromatic N) is 4. The molecule has 2 aromatic heterocycles. The van der Waals surface area contributed by atoms with Crippen LogP contribution in [0, 0.1) is 12.8 Å². The lowest BCUT2D eigenvalue weighted by atomic mass is 9.97. The zero-order valence-electron chi connectivity index (χ0n) is 14.5. The molecule has 0 radical (unpaired) electrons. The van der Waals surface area contributed by atoms with Gasteiger partial charge in [0.1, 0.15) is 0 Å². The molecular weight excluding hydrogens is 350 g/mol. The third-order valence-electron chi connectivity index (χ3n) is 4.90. The van der Waals surface area contributed by atoms with Gasteiger partial charge in [-0.05, 0) is 49.6 Å². The van der Waals surface area contributed by atoms with E-state index in [0.717, 1.165) is 42.2 Å². The molecule has 1 aromatic carbocycles. The Morgan fingerprint density at radius 3 is 3.00 bits per heavy atom. The molecule has 4 rings (SSSR count). The zero-order chi connectivity index (χ0) is 18.1. The average Bonchev–Trinajstić information content (AvgIpc) is 3.10. The van der Waals surface area contributed by atoms with Gasteiger partial charge in [0.05, 0.1) is 5.92 Å². The summed E-state index contributed by atoms with van der Waals surface area (Å²) < 4.78 is 1.96. The number of halogens is 1. The fourth-order valence-electron chi connectivity index (χ4n) is 3.39. The Labute approximate surface area is 156 Å². The van der Waals surface area contributed by atoms with Crippen LogP contribution in [0.5, 0.6) is 0 Å². The van der Waals surface area contributed by atoms with Gasteiger partial charge in [-0.2, -0.15) is 0 Å². The van der Waals surface area contributed by atoms with E-state index >= 15 is 0 Å². The molecule has 0 saturated carbocycles.